The molecule has 0 amide bonds. The van der Waals surface area contributed by atoms with Crippen LogP contribution in [0.5, 0.6) is 0 Å². The molecule has 0 atom stereocenters. The van der Waals surface area contributed by atoms with Gasteiger partial charge in [0.1, 0.15) is 0 Å². The van der Waals surface area contributed by atoms with E-state index in [0.717, 1.165) is 13.1 Å². The smallest absolute Gasteiger partial charge is 0.0332 e. The Kier molecular flexibility index (Phi) is 7.66. The summed E-state index contributed by atoms with van der Waals surface area (Å²) in [5.74, 6) is 0. The maximum absolute atomic E-state index is 6.24. The van der Waals surface area contributed by atoms with Crippen molar-refractivity contribution in [2.45, 2.75) is 72.3 Å². The average molecular weight is 298 g/mol. The first-order valence-corrected chi connectivity index (χ1v) is 9.10. The van der Waals surface area contributed by atoms with E-state index in [0.29, 0.717) is 5.41 Å². The lowest BCUT2D eigenvalue weighted by Gasteiger charge is -2.49. The van der Waals surface area contributed by atoms with Crippen LogP contribution in [-0.2, 0) is 0 Å². The number of nitrogens with two attached hydrogens (primary N) is 1. The second-order valence-electron chi connectivity index (χ2n) is 7.55. The molecule has 126 valence electrons. The minimum Gasteiger partial charge on any atom is -0.329 e. The van der Waals surface area contributed by atoms with E-state index in [9.17, 15) is 0 Å². The molecule has 0 spiro atoms. The van der Waals surface area contributed by atoms with Crippen LogP contribution in [0.15, 0.2) is 0 Å². The summed E-state index contributed by atoms with van der Waals surface area (Å²) in [6.45, 7) is 18.3. The largest absolute Gasteiger partial charge is 0.329 e. The number of likely N-dealkylation sites (N-methyl/N-ethyl adjacent to an activating group) is 1. The fourth-order valence-corrected chi connectivity index (χ4v) is 3.80. The Morgan fingerprint density at radius 3 is 1.86 bits per heavy atom. The third-order valence-electron chi connectivity index (χ3n) is 5.76. The second-order valence-corrected chi connectivity index (χ2v) is 7.55. The van der Waals surface area contributed by atoms with Gasteiger partial charge in [0.25, 0.3) is 0 Å². The van der Waals surface area contributed by atoms with Crippen LogP contribution in [0.3, 0.4) is 0 Å². The summed E-state index contributed by atoms with van der Waals surface area (Å²) in [4.78, 5) is 5.21. The average Bonchev–Trinajstić information content (AvgIpc) is 2.49. The van der Waals surface area contributed by atoms with E-state index < -0.39 is 0 Å². The molecule has 0 aromatic carbocycles. The Balaban J connectivity index is 2.56. The summed E-state index contributed by atoms with van der Waals surface area (Å²) in [6.07, 6.45) is 6.44. The van der Waals surface area contributed by atoms with Gasteiger partial charge in [-0.15, -0.1) is 0 Å². The van der Waals surface area contributed by atoms with Gasteiger partial charge in [-0.25, -0.2) is 0 Å². The molecule has 21 heavy (non-hydrogen) atoms. The lowest BCUT2D eigenvalue weighted by atomic mass is 9.68. The van der Waals surface area contributed by atoms with Crippen molar-refractivity contribution in [3.63, 3.8) is 0 Å². The van der Waals surface area contributed by atoms with E-state index in [1.54, 1.807) is 0 Å². The third kappa shape index (κ3) is 5.22. The minimum atomic E-state index is 0.271. The van der Waals surface area contributed by atoms with E-state index >= 15 is 0 Å². The van der Waals surface area contributed by atoms with Gasteiger partial charge in [-0.1, -0.05) is 34.6 Å². The molecular formula is C18H39N3. The molecule has 0 bridgehead atoms. The molecule has 0 unspecified atom stereocenters. The molecule has 1 aliphatic carbocycles. The third-order valence-corrected chi connectivity index (χ3v) is 5.76. The lowest BCUT2D eigenvalue weighted by molar-refractivity contribution is 0.0240. The molecule has 2 N–H and O–H groups in total. The zero-order valence-electron chi connectivity index (χ0n) is 15.2. The first-order valence-electron chi connectivity index (χ1n) is 9.10. The molecule has 0 radical (unpaired) electrons. The van der Waals surface area contributed by atoms with Crippen molar-refractivity contribution in [3.05, 3.63) is 0 Å². The van der Waals surface area contributed by atoms with Crippen LogP contribution in [0.2, 0.25) is 0 Å². The topological polar surface area (TPSA) is 32.5 Å². The zero-order chi connectivity index (χ0) is 15.9. The van der Waals surface area contributed by atoms with E-state index in [1.165, 1.54) is 58.3 Å². The standard InChI is InChI=1S/C18H39N3/c1-6-20(7-2)14-9-15-21(8-3)18(16-19)12-10-17(4,5)11-13-18/h6-16,19H2,1-5H3. The van der Waals surface area contributed by atoms with Gasteiger partial charge in [-0.3, -0.25) is 4.90 Å². The molecule has 0 heterocycles. The van der Waals surface area contributed by atoms with Gasteiger partial charge in [-0.05, 0) is 70.2 Å². The summed E-state index contributed by atoms with van der Waals surface area (Å²) < 4.78 is 0. The molecular weight excluding hydrogens is 258 g/mol. The normalized spacial score (nSPS) is 21.1. The summed E-state index contributed by atoms with van der Waals surface area (Å²) in [6, 6.07) is 0. The van der Waals surface area contributed by atoms with Crippen molar-refractivity contribution in [3.8, 4) is 0 Å². The number of hydrogen-bond donors (Lipinski definition) is 1. The Hall–Kier alpha value is -0.120. The van der Waals surface area contributed by atoms with Gasteiger partial charge in [0.15, 0.2) is 0 Å². The van der Waals surface area contributed by atoms with Crippen molar-refractivity contribution in [2.75, 3.05) is 39.3 Å². The molecule has 3 heteroatoms. The van der Waals surface area contributed by atoms with Crippen LogP contribution in [0.4, 0.5) is 0 Å². The Bertz CT molecular complexity index is 274. The molecule has 0 aliphatic heterocycles. The van der Waals surface area contributed by atoms with Crippen molar-refractivity contribution in [1.29, 1.82) is 0 Å². The van der Waals surface area contributed by atoms with Gasteiger partial charge >= 0.3 is 0 Å². The molecule has 0 aromatic heterocycles. The first kappa shape index (κ1) is 18.9. The number of hydrogen-bond acceptors (Lipinski definition) is 3. The maximum Gasteiger partial charge on any atom is 0.0332 e. The van der Waals surface area contributed by atoms with E-state index in [2.05, 4.69) is 44.4 Å². The highest BCUT2D eigenvalue weighted by Gasteiger charge is 2.40. The fraction of sp³-hybridized carbons (Fsp3) is 1.00. The Morgan fingerprint density at radius 2 is 1.43 bits per heavy atom. The highest BCUT2D eigenvalue weighted by Crippen LogP contribution is 2.42. The molecule has 1 aliphatic rings. The zero-order valence-corrected chi connectivity index (χ0v) is 15.2. The van der Waals surface area contributed by atoms with Gasteiger partial charge in [0.05, 0.1) is 0 Å². The minimum absolute atomic E-state index is 0.271. The molecule has 1 rings (SSSR count). The SMILES string of the molecule is CCN(CC)CCCN(CC)C1(CN)CCC(C)(C)CC1. The monoisotopic (exact) mass is 297 g/mol. The molecule has 0 saturated heterocycles. The molecule has 3 nitrogen and oxygen atoms in total. The highest BCUT2D eigenvalue weighted by molar-refractivity contribution is 4.97. The summed E-state index contributed by atoms with van der Waals surface area (Å²) in [5, 5.41) is 0. The number of rotatable bonds is 9. The van der Waals surface area contributed by atoms with Crippen LogP contribution < -0.4 is 5.73 Å². The van der Waals surface area contributed by atoms with Gasteiger partial charge < -0.3 is 10.6 Å². The van der Waals surface area contributed by atoms with Crippen molar-refractivity contribution < 1.29 is 0 Å². The Labute approximate surface area is 133 Å². The molecule has 1 saturated carbocycles. The van der Waals surface area contributed by atoms with Crippen LogP contribution >= 0.6 is 0 Å². The molecule has 1 fully saturated rings. The predicted octanol–water partition coefficient (Wildman–Crippen LogP) is 3.34. The van der Waals surface area contributed by atoms with Gasteiger partial charge in [-0.2, -0.15) is 0 Å². The molecule has 0 aromatic rings. The van der Waals surface area contributed by atoms with Gasteiger partial charge in [0, 0.05) is 12.1 Å². The van der Waals surface area contributed by atoms with Crippen LogP contribution in [-0.4, -0.2) is 54.6 Å². The van der Waals surface area contributed by atoms with E-state index in [1.807, 2.05) is 0 Å². The predicted molar refractivity (Wildman–Crippen MR) is 93.7 cm³/mol. The second kappa shape index (κ2) is 8.50. The first-order chi connectivity index (χ1) is 9.93. The van der Waals surface area contributed by atoms with Crippen LogP contribution in [0.1, 0.15) is 66.7 Å². The summed E-state index contributed by atoms with van der Waals surface area (Å²) >= 11 is 0. The van der Waals surface area contributed by atoms with Crippen molar-refractivity contribution in [2.24, 2.45) is 11.1 Å². The quantitative estimate of drug-likeness (QED) is 0.708. The van der Waals surface area contributed by atoms with Crippen molar-refractivity contribution in [1.82, 2.24) is 9.80 Å². The maximum atomic E-state index is 6.24. The summed E-state index contributed by atoms with van der Waals surface area (Å²) in [5.41, 5.74) is 7.02. The van der Waals surface area contributed by atoms with E-state index in [-0.39, 0.29) is 5.54 Å². The van der Waals surface area contributed by atoms with Crippen LogP contribution in [0, 0.1) is 5.41 Å². The van der Waals surface area contributed by atoms with Crippen molar-refractivity contribution >= 4 is 0 Å². The van der Waals surface area contributed by atoms with Gasteiger partial charge in [0.2, 0.25) is 0 Å². The Morgan fingerprint density at radius 1 is 0.857 bits per heavy atom. The number of nitrogens with zero attached hydrogens (tertiary/aromatic N) is 2. The highest BCUT2D eigenvalue weighted by atomic mass is 15.2. The van der Waals surface area contributed by atoms with Crippen LogP contribution in [0.25, 0.3) is 0 Å². The summed E-state index contributed by atoms with van der Waals surface area (Å²) in [7, 11) is 0. The fourth-order valence-electron chi connectivity index (χ4n) is 3.80. The van der Waals surface area contributed by atoms with E-state index in [4.69, 9.17) is 5.73 Å². The lowest BCUT2D eigenvalue weighted by Crippen LogP contribution is -2.57.